The van der Waals surface area contributed by atoms with E-state index in [0.29, 0.717) is 12.5 Å². The predicted octanol–water partition coefficient (Wildman–Crippen LogP) is 4.65. The molecular weight excluding hydrogens is 250 g/mol. The van der Waals surface area contributed by atoms with E-state index in [9.17, 15) is 0 Å². The van der Waals surface area contributed by atoms with Crippen molar-refractivity contribution in [1.82, 2.24) is 0 Å². The maximum atomic E-state index is 5.99. The zero-order valence-corrected chi connectivity index (χ0v) is 11.6. The molecule has 2 aromatic rings. The third kappa shape index (κ3) is 2.71. The number of benzene rings is 1. The number of halogens is 1. The van der Waals surface area contributed by atoms with Crippen LogP contribution in [0.2, 0.25) is 5.02 Å². The monoisotopic (exact) mass is 265 g/mol. The second kappa shape index (κ2) is 5.21. The Bertz CT molecular complexity index is 517. The van der Waals surface area contributed by atoms with Crippen LogP contribution in [-0.2, 0) is 6.54 Å². The Labute approximate surface area is 111 Å². The van der Waals surface area contributed by atoms with Gasteiger partial charge in [-0.25, -0.2) is 0 Å². The van der Waals surface area contributed by atoms with Crippen molar-refractivity contribution in [3.8, 4) is 10.4 Å². The minimum absolute atomic E-state index is 0.519. The molecule has 1 nitrogen and oxygen atoms in total. The molecule has 0 atom stereocenters. The summed E-state index contributed by atoms with van der Waals surface area (Å²) in [6.07, 6.45) is 0. The van der Waals surface area contributed by atoms with Crippen molar-refractivity contribution < 1.29 is 0 Å². The van der Waals surface area contributed by atoms with Crippen LogP contribution < -0.4 is 5.73 Å². The van der Waals surface area contributed by atoms with E-state index in [-0.39, 0.29) is 0 Å². The van der Waals surface area contributed by atoms with Gasteiger partial charge >= 0.3 is 0 Å². The highest BCUT2D eigenvalue weighted by atomic mass is 35.5. The van der Waals surface area contributed by atoms with Gasteiger partial charge in [-0.1, -0.05) is 31.5 Å². The number of rotatable bonds is 3. The maximum Gasteiger partial charge on any atom is 0.0409 e. The van der Waals surface area contributed by atoms with E-state index in [4.69, 9.17) is 17.3 Å². The van der Waals surface area contributed by atoms with Gasteiger partial charge in [-0.15, -0.1) is 11.3 Å². The molecule has 17 heavy (non-hydrogen) atoms. The minimum atomic E-state index is 0.519. The Hall–Kier alpha value is -0.830. The molecule has 0 aliphatic rings. The van der Waals surface area contributed by atoms with Gasteiger partial charge in [0, 0.05) is 21.3 Å². The van der Waals surface area contributed by atoms with Gasteiger partial charge < -0.3 is 5.73 Å². The average Bonchev–Trinajstić information content (AvgIpc) is 2.78. The second-order valence-electron chi connectivity index (χ2n) is 4.36. The van der Waals surface area contributed by atoms with Crippen LogP contribution in [-0.4, -0.2) is 0 Å². The lowest BCUT2D eigenvalue weighted by Crippen LogP contribution is -1.98. The van der Waals surface area contributed by atoms with Gasteiger partial charge in [0.15, 0.2) is 0 Å². The Kier molecular flexibility index (Phi) is 3.87. The second-order valence-corrected chi connectivity index (χ2v) is 5.91. The first-order chi connectivity index (χ1) is 8.11. The van der Waals surface area contributed by atoms with Crippen molar-refractivity contribution in [3.63, 3.8) is 0 Å². The van der Waals surface area contributed by atoms with Crippen LogP contribution in [0.1, 0.15) is 30.2 Å². The van der Waals surface area contributed by atoms with Crippen LogP contribution >= 0.6 is 22.9 Å². The zero-order chi connectivity index (χ0) is 12.4. The van der Waals surface area contributed by atoms with Gasteiger partial charge in [0.25, 0.3) is 0 Å². The van der Waals surface area contributed by atoms with Crippen molar-refractivity contribution >= 4 is 22.9 Å². The quantitative estimate of drug-likeness (QED) is 0.859. The highest BCUT2D eigenvalue weighted by Crippen LogP contribution is 2.34. The summed E-state index contributed by atoms with van der Waals surface area (Å²) in [7, 11) is 0. The first-order valence-corrected chi connectivity index (χ1v) is 6.90. The molecular formula is C14H16ClNS. The van der Waals surface area contributed by atoms with Crippen LogP contribution in [0.25, 0.3) is 10.4 Å². The van der Waals surface area contributed by atoms with Crippen LogP contribution in [0.5, 0.6) is 0 Å². The zero-order valence-electron chi connectivity index (χ0n) is 10.0. The lowest BCUT2D eigenvalue weighted by atomic mass is 10.1. The molecule has 1 heterocycles. The van der Waals surface area contributed by atoms with Crippen LogP contribution in [0.15, 0.2) is 30.3 Å². The molecule has 2 rings (SSSR count). The first-order valence-electron chi connectivity index (χ1n) is 5.70. The Morgan fingerprint density at radius 3 is 2.59 bits per heavy atom. The topological polar surface area (TPSA) is 26.0 Å². The fraction of sp³-hybridized carbons (Fsp3) is 0.286. The Morgan fingerprint density at radius 2 is 2.00 bits per heavy atom. The van der Waals surface area contributed by atoms with Gasteiger partial charge in [-0.3, -0.25) is 0 Å². The summed E-state index contributed by atoms with van der Waals surface area (Å²) in [5.74, 6) is 0.572. The van der Waals surface area contributed by atoms with Crippen LogP contribution in [0.3, 0.4) is 0 Å². The van der Waals surface area contributed by atoms with E-state index >= 15 is 0 Å². The van der Waals surface area contributed by atoms with E-state index in [1.54, 1.807) is 0 Å². The summed E-state index contributed by atoms with van der Waals surface area (Å²) in [4.78, 5) is 2.67. The number of hydrogen-bond acceptors (Lipinski definition) is 2. The average molecular weight is 266 g/mol. The van der Waals surface area contributed by atoms with E-state index in [1.165, 1.54) is 15.3 Å². The Balaban J connectivity index is 2.44. The molecule has 0 fully saturated rings. The van der Waals surface area contributed by atoms with Gasteiger partial charge in [-0.05, 0) is 41.3 Å². The molecule has 0 bridgehead atoms. The third-order valence-corrected chi connectivity index (χ3v) is 4.40. The van der Waals surface area contributed by atoms with Crippen LogP contribution in [0.4, 0.5) is 0 Å². The minimum Gasteiger partial charge on any atom is -0.326 e. The van der Waals surface area contributed by atoms with Gasteiger partial charge in [0.1, 0.15) is 0 Å². The predicted molar refractivity (Wildman–Crippen MR) is 76.7 cm³/mol. The van der Waals surface area contributed by atoms with E-state index in [1.807, 2.05) is 23.5 Å². The molecule has 3 heteroatoms. The smallest absolute Gasteiger partial charge is 0.0409 e. The molecule has 90 valence electrons. The Morgan fingerprint density at radius 1 is 1.24 bits per heavy atom. The van der Waals surface area contributed by atoms with Crippen LogP contribution in [0, 0.1) is 0 Å². The molecule has 0 spiro atoms. The van der Waals surface area contributed by atoms with E-state index < -0.39 is 0 Å². The normalized spacial score (nSPS) is 11.1. The van der Waals surface area contributed by atoms with Gasteiger partial charge in [-0.2, -0.15) is 0 Å². The third-order valence-electron chi connectivity index (χ3n) is 2.75. The van der Waals surface area contributed by atoms with Crippen molar-refractivity contribution in [3.05, 3.63) is 45.8 Å². The summed E-state index contributed by atoms with van der Waals surface area (Å²) in [5.41, 5.74) is 8.08. The highest BCUT2D eigenvalue weighted by Gasteiger charge is 2.09. The van der Waals surface area contributed by atoms with E-state index in [2.05, 4.69) is 32.0 Å². The first kappa shape index (κ1) is 12.6. The van der Waals surface area contributed by atoms with Crippen molar-refractivity contribution in [2.45, 2.75) is 26.3 Å². The maximum absolute atomic E-state index is 5.99. The fourth-order valence-corrected chi connectivity index (χ4v) is 3.05. The molecule has 0 amide bonds. The molecule has 2 N–H and O–H groups in total. The van der Waals surface area contributed by atoms with Crippen molar-refractivity contribution in [2.75, 3.05) is 0 Å². The summed E-state index contributed by atoms with van der Waals surface area (Å²) in [6.45, 7) is 4.94. The molecule has 0 unspecified atom stereocenters. The van der Waals surface area contributed by atoms with Crippen molar-refractivity contribution in [1.29, 1.82) is 0 Å². The lowest BCUT2D eigenvalue weighted by molar-refractivity contribution is 0.890. The molecule has 0 saturated heterocycles. The van der Waals surface area contributed by atoms with E-state index in [0.717, 1.165) is 10.6 Å². The molecule has 1 aromatic heterocycles. The van der Waals surface area contributed by atoms with Gasteiger partial charge in [0.05, 0.1) is 0 Å². The highest BCUT2D eigenvalue weighted by molar-refractivity contribution is 7.15. The molecule has 1 aromatic carbocycles. The fourth-order valence-electron chi connectivity index (χ4n) is 1.78. The number of hydrogen-bond donors (Lipinski definition) is 1. The standard InChI is InChI=1S/C14H16ClNS/c1-9(2)13-5-6-14(17-13)12-4-3-11(15)7-10(12)8-16/h3-7,9H,8,16H2,1-2H3. The summed E-state index contributed by atoms with van der Waals surface area (Å²) in [5, 5.41) is 0.745. The largest absolute Gasteiger partial charge is 0.326 e. The summed E-state index contributed by atoms with van der Waals surface area (Å²) >= 11 is 7.82. The lowest BCUT2D eigenvalue weighted by Gasteiger charge is -2.06. The molecule has 0 saturated carbocycles. The summed E-state index contributed by atoms with van der Waals surface area (Å²) in [6, 6.07) is 10.3. The molecule has 0 aliphatic heterocycles. The SMILES string of the molecule is CC(C)c1ccc(-c2ccc(Cl)cc2CN)s1. The molecule has 0 radical (unpaired) electrons. The van der Waals surface area contributed by atoms with Gasteiger partial charge in [0.2, 0.25) is 0 Å². The summed E-state index contributed by atoms with van der Waals surface area (Å²) < 4.78 is 0. The van der Waals surface area contributed by atoms with Crippen molar-refractivity contribution in [2.24, 2.45) is 5.73 Å². The number of thiophene rings is 1. The molecule has 0 aliphatic carbocycles. The number of nitrogens with two attached hydrogens (primary N) is 1.